The maximum atomic E-state index is 12.1. The molecule has 8 heteroatoms. The summed E-state index contributed by atoms with van der Waals surface area (Å²) >= 11 is 1.57. The van der Waals surface area contributed by atoms with Gasteiger partial charge in [-0.2, -0.15) is 11.8 Å². The molecule has 0 unspecified atom stereocenters. The highest BCUT2D eigenvalue weighted by Crippen LogP contribution is 2.17. The first-order valence-corrected chi connectivity index (χ1v) is 26.3. The van der Waals surface area contributed by atoms with Gasteiger partial charge < -0.3 is 24.4 Å². The fourth-order valence-electron chi connectivity index (χ4n) is 7.57. The van der Waals surface area contributed by atoms with E-state index in [1.54, 1.807) is 11.8 Å². The number of carbonyl (C=O) groups excluding carboxylic acids is 2. The van der Waals surface area contributed by atoms with E-state index in [0.717, 1.165) is 64.9 Å². The third kappa shape index (κ3) is 44.5. The smallest absolute Gasteiger partial charge is 0.305 e. The molecule has 0 spiro atoms. The summed E-state index contributed by atoms with van der Waals surface area (Å²) in [6.45, 7) is 12.8. The normalized spacial score (nSPS) is 11.6. The first-order chi connectivity index (χ1) is 28.1. The number of nitrogens with zero attached hydrogens (tertiary/aromatic N) is 1. The molecule has 57 heavy (non-hydrogen) atoms. The number of hydrogen-bond acceptors (Lipinski definition) is 7. The summed E-state index contributed by atoms with van der Waals surface area (Å²) < 4.78 is 17.7. The average Bonchev–Trinajstić information content (AvgIpc) is 3.21. The van der Waals surface area contributed by atoms with Crippen LogP contribution in [-0.2, 0) is 23.8 Å². The zero-order valence-electron chi connectivity index (χ0n) is 38.7. The highest BCUT2D eigenvalue weighted by atomic mass is 32.2. The van der Waals surface area contributed by atoms with Crippen LogP contribution in [0.2, 0.25) is 0 Å². The van der Waals surface area contributed by atoms with E-state index in [2.05, 4.69) is 31.0 Å². The lowest BCUT2D eigenvalue weighted by Crippen LogP contribution is -2.32. The summed E-state index contributed by atoms with van der Waals surface area (Å²) in [5.74, 6) is 0.667. The van der Waals surface area contributed by atoms with E-state index in [-0.39, 0.29) is 13.3 Å². The van der Waals surface area contributed by atoms with Gasteiger partial charge in [-0.15, -0.1) is 0 Å². The van der Waals surface area contributed by atoms with Crippen LogP contribution in [0.1, 0.15) is 241 Å². The number of thioether (sulfide) groups is 1. The van der Waals surface area contributed by atoms with E-state index in [9.17, 15) is 9.59 Å². The second-order valence-corrected chi connectivity index (χ2v) is 17.8. The van der Waals surface area contributed by atoms with Crippen LogP contribution in [0.3, 0.4) is 0 Å². The molecular weight excluding hydrogens is 729 g/mol. The fraction of sp³-hybridized carbons (Fsp3) is 0.959. The van der Waals surface area contributed by atoms with Crippen molar-refractivity contribution in [2.75, 3.05) is 58.2 Å². The Morgan fingerprint density at radius 3 is 1.51 bits per heavy atom. The van der Waals surface area contributed by atoms with Gasteiger partial charge in [-0.1, -0.05) is 181 Å². The van der Waals surface area contributed by atoms with Crippen molar-refractivity contribution in [1.29, 1.82) is 0 Å². The van der Waals surface area contributed by atoms with Gasteiger partial charge in [0.1, 0.15) is 6.79 Å². The standard InChI is InChI=1S/C49H98N2O5S.H2/c1-5-8-11-14-18-27-34-44-55-49(53)38-30-23-20-25-32-41-51(42-35-39-50-48(52)45-57-4)40-31-24-17-19-26-33-43-54-46-56-47(36-28-21-15-12-9-6-2)37-29-22-16-13-10-7-3;/h47H,5-46H2,1-4H3,(H,50,52);1H. The highest BCUT2D eigenvalue weighted by Gasteiger charge is 2.10. The van der Waals surface area contributed by atoms with Crippen molar-refractivity contribution in [3.8, 4) is 0 Å². The zero-order chi connectivity index (χ0) is 41.5. The van der Waals surface area contributed by atoms with Gasteiger partial charge in [0.2, 0.25) is 5.91 Å². The number of ether oxygens (including phenoxy) is 3. The molecule has 0 atom stereocenters. The molecule has 0 aromatic rings. The van der Waals surface area contributed by atoms with Crippen LogP contribution in [0.5, 0.6) is 0 Å². The van der Waals surface area contributed by atoms with Crippen molar-refractivity contribution in [1.82, 2.24) is 10.2 Å². The van der Waals surface area contributed by atoms with E-state index >= 15 is 0 Å². The lowest BCUT2D eigenvalue weighted by atomic mass is 10.0. The van der Waals surface area contributed by atoms with Crippen molar-refractivity contribution in [2.24, 2.45) is 0 Å². The number of unbranched alkanes of at least 4 members (excludes halogenated alkanes) is 25. The van der Waals surface area contributed by atoms with Crippen molar-refractivity contribution < 1.29 is 25.2 Å². The van der Waals surface area contributed by atoms with Gasteiger partial charge in [0.25, 0.3) is 0 Å². The second kappa shape index (κ2) is 47.8. The monoisotopic (exact) mass is 829 g/mol. The molecule has 7 nitrogen and oxygen atoms in total. The van der Waals surface area contributed by atoms with Crippen LogP contribution < -0.4 is 5.32 Å². The Kier molecular flexibility index (Phi) is 47.1. The maximum Gasteiger partial charge on any atom is 0.305 e. The van der Waals surface area contributed by atoms with Gasteiger partial charge in [0.15, 0.2) is 0 Å². The minimum Gasteiger partial charge on any atom is -0.466 e. The summed E-state index contributed by atoms with van der Waals surface area (Å²) in [7, 11) is 0. The van der Waals surface area contributed by atoms with Crippen molar-refractivity contribution in [2.45, 2.75) is 245 Å². The summed E-state index contributed by atoms with van der Waals surface area (Å²) in [5, 5.41) is 3.07. The molecule has 0 fully saturated rings. The molecule has 0 aromatic carbocycles. The van der Waals surface area contributed by atoms with Gasteiger partial charge in [0.05, 0.1) is 18.5 Å². The molecule has 1 amide bonds. The van der Waals surface area contributed by atoms with Crippen molar-refractivity contribution >= 4 is 23.6 Å². The summed E-state index contributed by atoms with van der Waals surface area (Å²) in [4.78, 5) is 26.6. The second-order valence-electron chi connectivity index (χ2n) is 16.9. The molecule has 0 saturated heterocycles. The van der Waals surface area contributed by atoms with Crippen molar-refractivity contribution in [3.63, 3.8) is 0 Å². The van der Waals surface area contributed by atoms with E-state index in [4.69, 9.17) is 14.2 Å². The SMILES string of the molecule is CCCCCCCCCOC(=O)CCCCCCCN(CCCCCCCCOCOC(CCCCCCCC)CCCCCCCC)CCCNC(=O)CSC.[HH]. The maximum absolute atomic E-state index is 12.1. The number of rotatable bonds is 48. The van der Waals surface area contributed by atoms with Crippen LogP contribution in [0.25, 0.3) is 0 Å². The van der Waals surface area contributed by atoms with E-state index in [0.29, 0.717) is 31.7 Å². The molecule has 0 aliphatic carbocycles. The van der Waals surface area contributed by atoms with Gasteiger partial charge in [-0.25, -0.2) is 0 Å². The Labute approximate surface area is 361 Å². The Balaban J connectivity index is 0. The third-order valence-corrected chi connectivity index (χ3v) is 11.8. The first kappa shape index (κ1) is 56.2. The number of carbonyl (C=O) groups is 2. The largest absolute Gasteiger partial charge is 0.466 e. The molecule has 1 N–H and O–H groups in total. The molecule has 0 saturated carbocycles. The van der Waals surface area contributed by atoms with Gasteiger partial charge in [0, 0.05) is 21.0 Å². The Morgan fingerprint density at radius 2 is 0.982 bits per heavy atom. The number of esters is 1. The van der Waals surface area contributed by atoms with Crippen LogP contribution >= 0.6 is 11.8 Å². The quantitative estimate of drug-likeness (QED) is 0.0372. The Hall–Kier alpha value is -0.830. The van der Waals surface area contributed by atoms with Crippen LogP contribution in [0, 0.1) is 0 Å². The van der Waals surface area contributed by atoms with Crippen LogP contribution in [0.15, 0.2) is 0 Å². The predicted molar refractivity (Wildman–Crippen MR) is 251 cm³/mol. The molecule has 0 heterocycles. The molecule has 0 aromatic heterocycles. The molecule has 0 bridgehead atoms. The topological polar surface area (TPSA) is 77.1 Å². The van der Waals surface area contributed by atoms with Crippen molar-refractivity contribution in [3.05, 3.63) is 0 Å². The summed E-state index contributed by atoms with van der Waals surface area (Å²) in [6, 6.07) is 0. The number of nitrogens with one attached hydrogen (secondary N) is 1. The van der Waals surface area contributed by atoms with Crippen LogP contribution in [0.4, 0.5) is 0 Å². The molecule has 0 aliphatic heterocycles. The van der Waals surface area contributed by atoms with Gasteiger partial charge in [-0.3, -0.25) is 9.59 Å². The first-order valence-electron chi connectivity index (χ1n) is 24.9. The fourth-order valence-corrected chi connectivity index (χ4v) is 7.93. The van der Waals surface area contributed by atoms with E-state index in [1.165, 1.54) is 180 Å². The van der Waals surface area contributed by atoms with E-state index < -0.39 is 0 Å². The zero-order valence-corrected chi connectivity index (χ0v) is 39.5. The number of amides is 1. The minimum absolute atomic E-state index is 0. The molecule has 0 rings (SSSR count). The lowest BCUT2D eigenvalue weighted by molar-refractivity contribution is -0.143. The van der Waals surface area contributed by atoms with E-state index in [1.807, 2.05) is 6.26 Å². The third-order valence-electron chi connectivity index (χ3n) is 11.3. The Bertz CT molecular complexity index is 810. The molecule has 0 radical (unpaired) electrons. The number of hydrogen-bond donors (Lipinski definition) is 1. The highest BCUT2D eigenvalue weighted by molar-refractivity contribution is 7.99. The summed E-state index contributed by atoms with van der Waals surface area (Å²) in [6.07, 6.45) is 44.2. The summed E-state index contributed by atoms with van der Waals surface area (Å²) in [5.41, 5.74) is 0. The van der Waals surface area contributed by atoms with Gasteiger partial charge >= 0.3 is 5.97 Å². The lowest BCUT2D eigenvalue weighted by Gasteiger charge is -2.22. The minimum atomic E-state index is -0.0175. The predicted octanol–water partition coefficient (Wildman–Crippen LogP) is 14.2. The molecular formula is C49H100N2O5S. The van der Waals surface area contributed by atoms with Crippen LogP contribution in [-0.4, -0.2) is 81.1 Å². The van der Waals surface area contributed by atoms with Gasteiger partial charge in [-0.05, 0) is 77.3 Å². The molecule has 0 aliphatic rings. The Morgan fingerprint density at radius 1 is 0.544 bits per heavy atom. The molecule has 342 valence electrons. The average molecular weight is 829 g/mol.